The monoisotopic (exact) mass is 145 g/mol. The van der Waals surface area contributed by atoms with E-state index in [2.05, 4.69) is 0 Å². The van der Waals surface area contributed by atoms with Crippen molar-refractivity contribution in [1.29, 1.82) is 0 Å². The molecule has 0 radical (unpaired) electrons. The summed E-state index contributed by atoms with van der Waals surface area (Å²) < 4.78 is 0. The number of hydrogen-bond acceptors (Lipinski definition) is 2. The third-order valence-corrected chi connectivity index (χ3v) is 2.94. The minimum absolute atomic E-state index is 0.482. The average molecular weight is 145 g/mol. The smallest absolute Gasteiger partial charge is 0.0130 e. The Kier molecular flexibility index (Phi) is 3.44. The molecule has 0 saturated carbocycles. The van der Waals surface area contributed by atoms with Gasteiger partial charge in [-0.05, 0) is 18.6 Å². The normalized spacial score (nSPS) is 31.0. The molecule has 1 aliphatic rings. The Labute approximate surface area is 61.4 Å². The standard InChI is InChI=1S/C7H15NS/c8-7-4-2-1-3-5-9-6-7/h7H,1-6,8H2. The summed E-state index contributed by atoms with van der Waals surface area (Å²) >= 11 is 2.01. The van der Waals surface area contributed by atoms with Crippen LogP contribution < -0.4 is 5.73 Å². The molecule has 1 unspecified atom stereocenters. The van der Waals surface area contributed by atoms with Gasteiger partial charge in [0.2, 0.25) is 0 Å². The molecular formula is C7H15NS. The van der Waals surface area contributed by atoms with E-state index < -0.39 is 0 Å². The van der Waals surface area contributed by atoms with Crippen LogP contribution in [0.4, 0.5) is 0 Å². The van der Waals surface area contributed by atoms with Crippen LogP contribution in [0.15, 0.2) is 0 Å². The molecule has 9 heavy (non-hydrogen) atoms. The fourth-order valence-corrected chi connectivity index (χ4v) is 2.15. The van der Waals surface area contributed by atoms with E-state index in [0.29, 0.717) is 6.04 Å². The van der Waals surface area contributed by atoms with Crippen LogP contribution in [-0.4, -0.2) is 17.5 Å². The van der Waals surface area contributed by atoms with E-state index in [-0.39, 0.29) is 0 Å². The summed E-state index contributed by atoms with van der Waals surface area (Å²) in [6.45, 7) is 0. The van der Waals surface area contributed by atoms with Gasteiger partial charge in [0.05, 0.1) is 0 Å². The molecular weight excluding hydrogens is 130 g/mol. The minimum Gasteiger partial charge on any atom is -0.327 e. The molecule has 0 amide bonds. The summed E-state index contributed by atoms with van der Waals surface area (Å²) in [7, 11) is 0. The largest absolute Gasteiger partial charge is 0.327 e. The Morgan fingerprint density at radius 2 is 2.11 bits per heavy atom. The molecule has 1 nitrogen and oxygen atoms in total. The lowest BCUT2D eigenvalue weighted by atomic mass is 10.1. The zero-order valence-corrected chi connectivity index (χ0v) is 6.62. The molecule has 1 heterocycles. The van der Waals surface area contributed by atoms with Crippen LogP contribution in [0.25, 0.3) is 0 Å². The van der Waals surface area contributed by atoms with Crippen LogP contribution in [-0.2, 0) is 0 Å². The molecule has 1 aliphatic heterocycles. The highest BCUT2D eigenvalue weighted by molar-refractivity contribution is 7.99. The molecule has 0 aliphatic carbocycles. The quantitative estimate of drug-likeness (QED) is 0.560. The Hall–Kier alpha value is 0.310. The first-order chi connectivity index (χ1) is 4.39. The zero-order valence-electron chi connectivity index (χ0n) is 5.81. The number of rotatable bonds is 0. The van der Waals surface area contributed by atoms with Gasteiger partial charge in [-0.2, -0.15) is 11.8 Å². The Morgan fingerprint density at radius 1 is 1.22 bits per heavy atom. The highest BCUT2D eigenvalue weighted by atomic mass is 32.2. The van der Waals surface area contributed by atoms with Gasteiger partial charge in [-0.15, -0.1) is 0 Å². The predicted octanol–water partition coefficient (Wildman–Crippen LogP) is 1.62. The maximum absolute atomic E-state index is 5.78. The van der Waals surface area contributed by atoms with Gasteiger partial charge in [-0.25, -0.2) is 0 Å². The van der Waals surface area contributed by atoms with Crippen LogP contribution in [0, 0.1) is 0 Å². The zero-order chi connectivity index (χ0) is 6.53. The van der Waals surface area contributed by atoms with E-state index in [1.54, 1.807) is 0 Å². The third kappa shape index (κ3) is 3.11. The first-order valence-electron chi connectivity index (χ1n) is 3.73. The average Bonchev–Trinajstić information content (AvgIpc) is 1.79. The maximum atomic E-state index is 5.78. The molecule has 0 spiro atoms. The summed E-state index contributed by atoms with van der Waals surface area (Å²) in [6, 6.07) is 0.482. The van der Waals surface area contributed by atoms with Crippen molar-refractivity contribution >= 4 is 11.8 Å². The lowest BCUT2D eigenvalue weighted by Crippen LogP contribution is -2.23. The second kappa shape index (κ2) is 4.18. The van der Waals surface area contributed by atoms with E-state index in [0.717, 1.165) is 0 Å². The van der Waals surface area contributed by atoms with Crippen molar-refractivity contribution in [2.45, 2.75) is 31.7 Å². The van der Waals surface area contributed by atoms with Crippen LogP contribution in [0.2, 0.25) is 0 Å². The number of hydrogen-bond donors (Lipinski definition) is 1. The van der Waals surface area contributed by atoms with Crippen LogP contribution in [0.5, 0.6) is 0 Å². The molecule has 0 aromatic heterocycles. The van der Waals surface area contributed by atoms with Gasteiger partial charge < -0.3 is 5.73 Å². The molecule has 0 bridgehead atoms. The predicted molar refractivity (Wildman–Crippen MR) is 43.8 cm³/mol. The van der Waals surface area contributed by atoms with E-state index >= 15 is 0 Å². The Morgan fingerprint density at radius 3 is 3.00 bits per heavy atom. The second-order valence-electron chi connectivity index (χ2n) is 2.68. The van der Waals surface area contributed by atoms with Crippen molar-refractivity contribution in [1.82, 2.24) is 0 Å². The van der Waals surface area contributed by atoms with Gasteiger partial charge in [0.25, 0.3) is 0 Å². The van der Waals surface area contributed by atoms with Gasteiger partial charge in [-0.1, -0.05) is 12.8 Å². The molecule has 2 heteroatoms. The Balaban J connectivity index is 2.12. The molecule has 1 fully saturated rings. The van der Waals surface area contributed by atoms with Gasteiger partial charge in [0, 0.05) is 11.8 Å². The van der Waals surface area contributed by atoms with Crippen molar-refractivity contribution in [3.05, 3.63) is 0 Å². The summed E-state index contributed by atoms with van der Waals surface area (Å²) in [5.74, 6) is 2.51. The maximum Gasteiger partial charge on any atom is 0.0130 e. The van der Waals surface area contributed by atoms with Gasteiger partial charge in [0.15, 0.2) is 0 Å². The fourth-order valence-electron chi connectivity index (χ4n) is 1.11. The number of nitrogens with two attached hydrogens (primary N) is 1. The lowest BCUT2D eigenvalue weighted by molar-refractivity contribution is 0.590. The molecule has 0 aromatic carbocycles. The van der Waals surface area contributed by atoms with Gasteiger partial charge in [0.1, 0.15) is 0 Å². The van der Waals surface area contributed by atoms with Crippen molar-refractivity contribution in [2.24, 2.45) is 5.73 Å². The topological polar surface area (TPSA) is 26.0 Å². The fraction of sp³-hybridized carbons (Fsp3) is 1.00. The third-order valence-electron chi connectivity index (χ3n) is 1.70. The lowest BCUT2D eigenvalue weighted by Gasteiger charge is -2.13. The first-order valence-corrected chi connectivity index (χ1v) is 4.88. The van der Waals surface area contributed by atoms with Crippen LogP contribution >= 0.6 is 11.8 Å². The summed E-state index contributed by atoms with van der Waals surface area (Å²) in [4.78, 5) is 0. The molecule has 1 saturated heterocycles. The van der Waals surface area contributed by atoms with Crippen molar-refractivity contribution in [3.8, 4) is 0 Å². The second-order valence-corrected chi connectivity index (χ2v) is 3.83. The highest BCUT2D eigenvalue weighted by Crippen LogP contribution is 2.14. The van der Waals surface area contributed by atoms with Crippen LogP contribution in [0.3, 0.4) is 0 Å². The van der Waals surface area contributed by atoms with Gasteiger partial charge in [-0.3, -0.25) is 0 Å². The summed E-state index contributed by atoms with van der Waals surface area (Å²) in [6.07, 6.45) is 5.38. The molecule has 0 aromatic rings. The summed E-state index contributed by atoms with van der Waals surface area (Å²) in [5.41, 5.74) is 5.78. The summed E-state index contributed by atoms with van der Waals surface area (Å²) in [5, 5.41) is 0. The SMILES string of the molecule is NC1CCCCCSC1. The van der Waals surface area contributed by atoms with Crippen LogP contribution in [0.1, 0.15) is 25.7 Å². The molecule has 1 rings (SSSR count). The van der Waals surface area contributed by atoms with Gasteiger partial charge >= 0.3 is 0 Å². The first kappa shape index (κ1) is 7.42. The molecule has 1 atom stereocenters. The minimum atomic E-state index is 0.482. The van der Waals surface area contributed by atoms with E-state index in [1.807, 2.05) is 11.8 Å². The van der Waals surface area contributed by atoms with E-state index in [9.17, 15) is 0 Å². The number of thioether (sulfide) groups is 1. The highest BCUT2D eigenvalue weighted by Gasteiger charge is 2.04. The Bertz CT molecular complexity index is 67.3. The van der Waals surface area contributed by atoms with Crippen molar-refractivity contribution in [3.63, 3.8) is 0 Å². The van der Waals surface area contributed by atoms with Crippen molar-refractivity contribution < 1.29 is 0 Å². The molecule has 2 N–H and O–H groups in total. The van der Waals surface area contributed by atoms with Crippen molar-refractivity contribution in [2.75, 3.05) is 11.5 Å². The van der Waals surface area contributed by atoms with E-state index in [1.165, 1.54) is 37.2 Å². The molecule has 54 valence electrons. The van der Waals surface area contributed by atoms with E-state index in [4.69, 9.17) is 5.73 Å².